The highest BCUT2D eigenvalue weighted by molar-refractivity contribution is 7.15. The van der Waals surface area contributed by atoms with Crippen molar-refractivity contribution >= 4 is 40.3 Å². The van der Waals surface area contributed by atoms with Crippen LogP contribution in [0.2, 0.25) is 0 Å². The van der Waals surface area contributed by atoms with Gasteiger partial charge in [-0.3, -0.25) is 4.79 Å². The maximum Gasteiger partial charge on any atom is 0.330 e. The lowest BCUT2D eigenvalue weighted by Gasteiger charge is -2.15. The summed E-state index contributed by atoms with van der Waals surface area (Å²) in [5.74, 6) is -0.822. The number of esters is 1. The first-order valence-electron chi connectivity index (χ1n) is 5.87. The summed E-state index contributed by atoms with van der Waals surface area (Å²) < 4.78 is 4.51. The van der Waals surface area contributed by atoms with E-state index in [-0.39, 0.29) is 5.91 Å². The van der Waals surface area contributed by atoms with E-state index in [9.17, 15) is 14.4 Å². The van der Waals surface area contributed by atoms with Gasteiger partial charge < -0.3 is 10.1 Å². The van der Waals surface area contributed by atoms with E-state index < -0.39 is 17.5 Å². The summed E-state index contributed by atoms with van der Waals surface area (Å²) in [4.78, 5) is 36.4. The second-order valence-corrected chi connectivity index (χ2v) is 5.63. The molecule has 0 spiro atoms. The highest BCUT2D eigenvalue weighted by Gasteiger charge is 2.46. The van der Waals surface area contributed by atoms with Crippen molar-refractivity contribution in [1.82, 2.24) is 5.32 Å². The summed E-state index contributed by atoms with van der Waals surface area (Å²) in [6, 6.07) is 1.26. The maximum atomic E-state index is 12.2. The molecule has 0 aromatic carbocycles. The van der Waals surface area contributed by atoms with Gasteiger partial charge in [0.25, 0.3) is 5.91 Å². The molecule has 1 aromatic rings. The summed E-state index contributed by atoms with van der Waals surface area (Å²) in [5.41, 5.74) is -0.314. The van der Waals surface area contributed by atoms with Crippen molar-refractivity contribution in [2.45, 2.75) is 19.4 Å². The zero-order valence-electron chi connectivity index (χ0n) is 11.3. The fraction of sp³-hybridized carbons (Fsp3) is 0.308. The van der Waals surface area contributed by atoms with Gasteiger partial charge >= 0.3 is 12.0 Å². The molecule has 0 aliphatic carbocycles. The summed E-state index contributed by atoms with van der Waals surface area (Å²) in [5, 5.41) is 4.85. The number of nitrogens with one attached hydrogen (secondary N) is 1. The van der Waals surface area contributed by atoms with Crippen molar-refractivity contribution in [2.24, 2.45) is 0 Å². The third kappa shape index (κ3) is 2.44. The first kappa shape index (κ1) is 14.3. The van der Waals surface area contributed by atoms with Crippen LogP contribution in [0.25, 0.3) is 6.08 Å². The molecule has 1 saturated heterocycles. The molecule has 0 unspecified atom stereocenters. The Balaban J connectivity index is 2.33. The molecule has 20 heavy (non-hydrogen) atoms. The van der Waals surface area contributed by atoms with E-state index in [0.29, 0.717) is 10.6 Å². The van der Waals surface area contributed by atoms with Gasteiger partial charge in [-0.2, -0.15) is 0 Å². The average molecular weight is 294 g/mol. The second kappa shape index (κ2) is 5.09. The van der Waals surface area contributed by atoms with E-state index in [1.54, 1.807) is 25.3 Å². The van der Waals surface area contributed by atoms with Gasteiger partial charge in [-0.05, 0) is 31.4 Å². The molecule has 106 valence electrons. The number of nitrogens with zero attached hydrogens (tertiary/aromatic N) is 1. The van der Waals surface area contributed by atoms with Crippen LogP contribution in [0.1, 0.15) is 19.4 Å². The Bertz CT molecular complexity index is 603. The van der Waals surface area contributed by atoms with Gasteiger partial charge in [0.2, 0.25) is 0 Å². The van der Waals surface area contributed by atoms with Crippen LogP contribution >= 0.6 is 11.3 Å². The van der Waals surface area contributed by atoms with Gasteiger partial charge in [-0.15, -0.1) is 11.3 Å². The molecule has 0 saturated carbocycles. The number of rotatable bonds is 3. The van der Waals surface area contributed by atoms with Crippen LogP contribution < -0.4 is 10.2 Å². The number of carbonyl (C=O) groups excluding carboxylic acids is 3. The highest BCUT2D eigenvalue weighted by Crippen LogP contribution is 2.33. The normalized spacial score (nSPS) is 17.6. The smallest absolute Gasteiger partial charge is 0.330 e. The van der Waals surface area contributed by atoms with Crippen molar-refractivity contribution < 1.29 is 19.1 Å². The molecule has 1 aliphatic rings. The third-order valence-corrected chi connectivity index (χ3v) is 3.75. The van der Waals surface area contributed by atoms with Crippen LogP contribution in [0.15, 0.2) is 17.5 Å². The maximum absolute atomic E-state index is 12.2. The molecule has 1 aromatic heterocycles. The fourth-order valence-corrected chi connectivity index (χ4v) is 2.67. The lowest BCUT2D eigenvalue weighted by atomic mass is 10.1. The minimum atomic E-state index is -0.926. The van der Waals surface area contributed by atoms with Crippen LogP contribution in [-0.2, 0) is 14.3 Å². The summed E-state index contributed by atoms with van der Waals surface area (Å²) in [6.45, 7) is 3.29. The number of thiophene rings is 1. The van der Waals surface area contributed by atoms with Gasteiger partial charge in [-0.1, -0.05) is 0 Å². The molecule has 1 aliphatic heterocycles. The summed E-state index contributed by atoms with van der Waals surface area (Å²) >= 11 is 1.26. The van der Waals surface area contributed by atoms with Gasteiger partial charge in [-0.25, -0.2) is 14.5 Å². The van der Waals surface area contributed by atoms with E-state index in [0.717, 1.165) is 4.90 Å². The van der Waals surface area contributed by atoms with Crippen LogP contribution in [0.3, 0.4) is 0 Å². The molecule has 3 amide bonds. The van der Waals surface area contributed by atoms with E-state index in [1.165, 1.54) is 30.6 Å². The minimum Gasteiger partial charge on any atom is -0.466 e. The third-order valence-electron chi connectivity index (χ3n) is 2.84. The van der Waals surface area contributed by atoms with E-state index >= 15 is 0 Å². The number of ether oxygens (including phenoxy) is 1. The van der Waals surface area contributed by atoms with E-state index in [2.05, 4.69) is 10.1 Å². The molecule has 2 rings (SSSR count). The van der Waals surface area contributed by atoms with Crippen LogP contribution in [-0.4, -0.2) is 30.6 Å². The molecule has 1 fully saturated rings. The Morgan fingerprint density at radius 1 is 1.45 bits per heavy atom. The van der Waals surface area contributed by atoms with Crippen LogP contribution in [0.5, 0.6) is 0 Å². The van der Waals surface area contributed by atoms with Crippen LogP contribution in [0, 0.1) is 0 Å². The first-order valence-corrected chi connectivity index (χ1v) is 6.75. The number of hydrogen-bond donors (Lipinski definition) is 1. The second-order valence-electron chi connectivity index (χ2n) is 4.73. The number of amides is 3. The standard InChI is InChI=1S/C13H14N2O4S/c1-13(2)11(17)15(12(18)14-13)10-8(6-7-20-10)4-5-9(16)19-3/h4-7H,1-3H3,(H,14,18)/b5-4+. The van der Waals surface area contributed by atoms with Crippen molar-refractivity contribution in [1.29, 1.82) is 0 Å². The fourth-order valence-electron chi connectivity index (χ4n) is 1.78. The Morgan fingerprint density at radius 3 is 2.70 bits per heavy atom. The molecule has 7 heteroatoms. The van der Waals surface area contributed by atoms with Crippen molar-refractivity contribution in [2.75, 3.05) is 12.0 Å². The van der Waals surface area contributed by atoms with Crippen molar-refractivity contribution in [3.63, 3.8) is 0 Å². The molecular formula is C13H14N2O4S. The number of urea groups is 1. The predicted molar refractivity (Wildman–Crippen MR) is 75.5 cm³/mol. The number of hydrogen-bond acceptors (Lipinski definition) is 5. The first-order chi connectivity index (χ1) is 9.36. The van der Waals surface area contributed by atoms with Gasteiger partial charge in [0, 0.05) is 11.6 Å². The molecular weight excluding hydrogens is 280 g/mol. The number of carbonyl (C=O) groups is 3. The van der Waals surface area contributed by atoms with E-state index in [4.69, 9.17) is 0 Å². The molecule has 1 N–H and O–H groups in total. The highest BCUT2D eigenvalue weighted by atomic mass is 32.1. The zero-order valence-corrected chi connectivity index (χ0v) is 12.1. The topological polar surface area (TPSA) is 75.7 Å². The number of methoxy groups -OCH3 is 1. The van der Waals surface area contributed by atoms with Gasteiger partial charge in [0.05, 0.1) is 7.11 Å². The number of anilines is 1. The average Bonchev–Trinajstić information content (AvgIpc) is 2.90. The summed E-state index contributed by atoms with van der Waals surface area (Å²) in [6.07, 6.45) is 2.76. The Labute approximate surface area is 120 Å². The SMILES string of the molecule is COC(=O)/C=C/c1ccsc1N1C(=O)NC(C)(C)C1=O. The zero-order chi connectivity index (χ0) is 14.9. The Hall–Kier alpha value is -2.15. The molecule has 0 radical (unpaired) electrons. The van der Waals surface area contributed by atoms with Crippen molar-refractivity contribution in [3.8, 4) is 0 Å². The Kier molecular flexibility index (Phi) is 3.63. The van der Waals surface area contributed by atoms with Gasteiger partial charge in [0.1, 0.15) is 10.5 Å². The largest absolute Gasteiger partial charge is 0.466 e. The Morgan fingerprint density at radius 2 is 2.15 bits per heavy atom. The van der Waals surface area contributed by atoms with Crippen LogP contribution in [0.4, 0.5) is 9.80 Å². The lowest BCUT2D eigenvalue weighted by Crippen LogP contribution is -2.40. The molecule has 6 nitrogen and oxygen atoms in total. The molecule has 0 bridgehead atoms. The predicted octanol–water partition coefficient (Wildman–Crippen LogP) is 1.77. The van der Waals surface area contributed by atoms with Gasteiger partial charge in [0.15, 0.2) is 0 Å². The molecule has 2 heterocycles. The van der Waals surface area contributed by atoms with Crippen molar-refractivity contribution in [3.05, 3.63) is 23.1 Å². The number of imide groups is 1. The lowest BCUT2D eigenvalue weighted by molar-refractivity contribution is -0.134. The summed E-state index contributed by atoms with van der Waals surface area (Å²) in [7, 11) is 1.28. The minimum absolute atomic E-state index is 0.322. The molecule has 0 atom stereocenters. The quantitative estimate of drug-likeness (QED) is 0.523. The van der Waals surface area contributed by atoms with E-state index in [1.807, 2.05) is 0 Å². The monoisotopic (exact) mass is 294 g/mol.